The Morgan fingerprint density at radius 3 is 3.00 bits per heavy atom. The summed E-state index contributed by atoms with van der Waals surface area (Å²) in [6, 6.07) is 1.98. The van der Waals surface area contributed by atoms with Gasteiger partial charge in [0.05, 0.1) is 12.7 Å². The minimum atomic E-state index is 0.0111. The van der Waals surface area contributed by atoms with Gasteiger partial charge in [-0.2, -0.15) is 10.2 Å². The van der Waals surface area contributed by atoms with E-state index in [1.165, 1.54) is 0 Å². The van der Waals surface area contributed by atoms with Gasteiger partial charge < -0.3 is 9.63 Å². The second-order valence-electron chi connectivity index (χ2n) is 2.24. The van der Waals surface area contributed by atoms with Crippen LogP contribution in [0, 0.1) is 11.3 Å². The Morgan fingerprint density at radius 2 is 2.33 bits per heavy atom. The number of hydrogen-bond donors (Lipinski definition) is 1. The van der Waals surface area contributed by atoms with E-state index in [1.54, 1.807) is 0 Å². The summed E-state index contributed by atoms with van der Waals surface area (Å²) in [6.07, 6.45) is 1.26. The van der Waals surface area contributed by atoms with E-state index in [0.29, 0.717) is 31.0 Å². The van der Waals surface area contributed by atoms with Gasteiger partial charge in [0.1, 0.15) is 0 Å². The molecule has 64 valence electrons. The van der Waals surface area contributed by atoms with E-state index < -0.39 is 0 Å². The maximum atomic E-state index is 8.53. The van der Waals surface area contributed by atoms with Gasteiger partial charge in [-0.15, -0.1) is 0 Å². The van der Waals surface area contributed by atoms with Crippen molar-refractivity contribution in [3.05, 3.63) is 11.7 Å². The molecule has 0 unspecified atom stereocenters. The second-order valence-corrected chi connectivity index (χ2v) is 2.24. The molecule has 0 aromatic carbocycles. The normalized spacial score (nSPS) is 9.67. The SMILES string of the molecule is N#CCCc1nc(CCO)no1. The first-order valence-electron chi connectivity index (χ1n) is 3.66. The lowest BCUT2D eigenvalue weighted by atomic mass is 10.3. The van der Waals surface area contributed by atoms with Crippen molar-refractivity contribution in [2.45, 2.75) is 19.3 Å². The first-order valence-corrected chi connectivity index (χ1v) is 3.66. The van der Waals surface area contributed by atoms with Crippen LogP contribution >= 0.6 is 0 Å². The van der Waals surface area contributed by atoms with Gasteiger partial charge in [0, 0.05) is 19.3 Å². The average molecular weight is 167 g/mol. The summed E-state index contributed by atoms with van der Waals surface area (Å²) in [7, 11) is 0. The van der Waals surface area contributed by atoms with Gasteiger partial charge in [0.2, 0.25) is 5.89 Å². The van der Waals surface area contributed by atoms with E-state index in [1.807, 2.05) is 6.07 Å². The largest absolute Gasteiger partial charge is 0.396 e. The van der Waals surface area contributed by atoms with Gasteiger partial charge in [0.25, 0.3) is 0 Å². The molecular weight excluding hydrogens is 158 g/mol. The standard InChI is InChI=1S/C7H9N3O2/c8-4-1-2-7-9-6(3-5-11)10-12-7/h11H,1-3,5H2. The number of nitrogens with zero attached hydrogens (tertiary/aromatic N) is 3. The molecular formula is C7H9N3O2. The molecule has 12 heavy (non-hydrogen) atoms. The van der Waals surface area contributed by atoms with E-state index in [4.69, 9.17) is 14.9 Å². The Morgan fingerprint density at radius 1 is 1.50 bits per heavy atom. The molecule has 1 heterocycles. The molecule has 1 aromatic heterocycles. The van der Waals surface area contributed by atoms with Crippen LogP contribution in [-0.4, -0.2) is 21.9 Å². The highest BCUT2D eigenvalue weighted by atomic mass is 16.5. The van der Waals surface area contributed by atoms with Crippen LogP contribution in [0.1, 0.15) is 18.1 Å². The number of aromatic nitrogens is 2. The predicted octanol–water partition coefficient (Wildman–Crippen LogP) is 0.0606. The van der Waals surface area contributed by atoms with Crippen molar-refractivity contribution in [3.8, 4) is 6.07 Å². The third kappa shape index (κ3) is 2.32. The fraction of sp³-hybridized carbons (Fsp3) is 0.571. The number of nitriles is 1. The molecule has 0 aliphatic heterocycles. The highest BCUT2D eigenvalue weighted by Crippen LogP contribution is 2.00. The third-order valence-corrected chi connectivity index (χ3v) is 1.30. The average Bonchev–Trinajstić information content (AvgIpc) is 2.50. The van der Waals surface area contributed by atoms with E-state index in [-0.39, 0.29) is 6.61 Å². The topological polar surface area (TPSA) is 82.9 Å². The maximum absolute atomic E-state index is 8.53. The van der Waals surface area contributed by atoms with Crippen molar-refractivity contribution in [1.29, 1.82) is 5.26 Å². The highest BCUT2D eigenvalue weighted by Gasteiger charge is 2.04. The molecule has 0 atom stereocenters. The molecule has 0 saturated carbocycles. The van der Waals surface area contributed by atoms with Gasteiger partial charge in [-0.3, -0.25) is 0 Å². The van der Waals surface area contributed by atoms with E-state index in [9.17, 15) is 0 Å². The minimum Gasteiger partial charge on any atom is -0.396 e. The summed E-state index contributed by atoms with van der Waals surface area (Å²) in [5, 5.41) is 20.4. The number of aliphatic hydroxyl groups is 1. The molecule has 0 bridgehead atoms. The monoisotopic (exact) mass is 167 g/mol. The predicted molar refractivity (Wildman–Crippen MR) is 39.0 cm³/mol. The molecule has 0 amide bonds. The molecule has 0 radical (unpaired) electrons. The fourth-order valence-corrected chi connectivity index (χ4v) is 0.756. The van der Waals surface area contributed by atoms with Crippen molar-refractivity contribution in [2.24, 2.45) is 0 Å². The van der Waals surface area contributed by atoms with E-state index in [0.717, 1.165) is 0 Å². The zero-order valence-electron chi connectivity index (χ0n) is 6.53. The molecule has 1 rings (SSSR count). The Bertz CT molecular complexity index is 276. The first-order chi connectivity index (χ1) is 5.86. The van der Waals surface area contributed by atoms with Crippen molar-refractivity contribution < 1.29 is 9.63 Å². The first kappa shape index (κ1) is 8.68. The zero-order chi connectivity index (χ0) is 8.81. The van der Waals surface area contributed by atoms with E-state index >= 15 is 0 Å². The van der Waals surface area contributed by atoms with Crippen molar-refractivity contribution in [1.82, 2.24) is 10.1 Å². The molecule has 5 heteroatoms. The molecule has 0 fully saturated rings. The number of hydrogen-bond acceptors (Lipinski definition) is 5. The number of rotatable bonds is 4. The fourth-order valence-electron chi connectivity index (χ4n) is 0.756. The van der Waals surface area contributed by atoms with Gasteiger partial charge >= 0.3 is 0 Å². The Balaban J connectivity index is 2.47. The van der Waals surface area contributed by atoms with Crippen LogP contribution < -0.4 is 0 Å². The minimum absolute atomic E-state index is 0.0111. The lowest BCUT2D eigenvalue weighted by molar-refractivity contribution is 0.293. The molecule has 1 N–H and O–H groups in total. The van der Waals surface area contributed by atoms with Gasteiger partial charge in [0.15, 0.2) is 5.82 Å². The van der Waals surface area contributed by atoms with Crippen LogP contribution in [0.4, 0.5) is 0 Å². The second kappa shape index (κ2) is 4.46. The van der Waals surface area contributed by atoms with Gasteiger partial charge in [-0.25, -0.2) is 0 Å². The maximum Gasteiger partial charge on any atom is 0.227 e. The van der Waals surface area contributed by atoms with E-state index in [2.05, 4.69) is 10.1 Å². The highest BCUT2D eigenvalue weighted by molar-refractivity contribution is 4.88. The Hall–Kier alpha value is -1.41. The molecule has 5 nitrogen and oxygen atoms in total. The quantitative estimate of drug-likeness (QED) is 0.685. The third-order valence-electron chi connectivity index (χ3n) is 1.30. The number of aliphatic hydroxyl groups excluding tert-OH is 1. The van der Waals surface area contributed by atoms with Crippen LogP contribution in [0.25, 0.3) is 0 Å². The molecule has 0 aliphatic carbocycles. The van der Waals surface area contributed by atoms with Crippen LogP contribution in [0.2, 0.25) is 0 Å². The van der Waals surface area contributed by atoms with Gasteiger partial charge in [-0.1, -0.05) is 5.16 Å². The number of aryl methyl sites for hydroxylation is 1. The van der Waals surface area contributed by atoms with Gasteiger partial charge in [-0.05, 0) is 0 Å². The van der Waals surface area contributed by atoms with Crippen molar-refractivity contribution >= 4 is 0 Å². The molecule has 1 aromatic rings. The Labute approximate surface area is 69.6 Å². The summed E-state index contributed by atoms with van der Waals surface area (Å²) in [5.41, 5.74) is 0. The summed E-state index contributed by atoms with van der Waals surface area (Å²) >= 11 is 0. The smallest absolute Gasteiger partial charge is 0.227 e. The van der Waals surface area contributed by atoms with Crippen LogP contribution in [0.3, 0.4) is 0 Å². The van der Waals surface area contributed by atoms with Crippen LogP contribution in [0.15, 0.2) is 4.52 Å². The molecule has 0 aliphatic rings. The lowest BCUT2D eigenvalue weighted by Crippen LogP contribution is -1.93. The summed E-state index contributed by atoms with van der Waals surface area (Å²) in [6.45, 7) is 0.0111. The Kier molecular flexibility index (Phi) is 3.23. The van der Waals surface area contributed by atoms with Crippen LogP contribution in [-0.2, 0) is 12.8 Å². The summed E-state index contributed by atoms with van der Waals surface area (Å²) < 4.78 is 4.80. The summed E-state index contributed by atoms with van der Waals surface area (Å²) in [5.74, 6) is 0.949. The van der Waals surface area contributed by atoms with Crippen molar-refractivity contribution in [2.75, 3.05) is 6.61 Å². The molecule has 0 saturated heterocycles. The van der Waals surface area contributed by atoms with Crippen LogP contribution in [0.5, 0.6) is 0 Å². The summed E-state index contributed by atoms with van der Waals surface area (Å²) in [4.78, 5) is 3.95. The van der Waals surface area contributed by atoms with Crippen molar-refractivity contribution in [3.63, 3.8) is 0 Å². The molecule has 0 spiro atoms. The lowest BCUT2D eigenvalue weighted by Gasteiger charge is -1.83. The zero-order valence-corrected chi connectivity index (χ0v) is 6.53.